The number of sulfonamides is 1. The van der Waals surface area contributed by atoms with E-state index in [0.29, 0.717) is 24.3 Å². The van der Waals surface area contributed by atoms with Crippen LogP contribution in [0.1, 0.15) is 47.2 Å². The molecule has 3 rings (SSSR count). The van der Waals surface area contributed by atoms with Crippen molar-refractivity contribution in [3.63, 3.8) is 0 Å². The van der Waals surface area contributed by atoms with Gasteiger partial charge in [-0.2, -0.15) is 4.31 Å². The lowest BCUT2D eigenvalue weighted by Gasteiger charge is -2.20. The molecule has 0 saturated carbocycles. The lowest BCUT2D eigenvalue weighted by Crippen LogP contribution is -2.32. The molecule has 0 bridgehead atoms. The monoisotopic (exact) mass is 386 g/mol. The van der Waals surface area contributed by atoms with Crippen molar-refractivity contribution >= 4 is 21.6 Å². The average molecular weight is 387 g/mol. The Kier molecular flexibility index (Phi) is 5.97. The van der Waals surface area contributed by atoms with Gasteiger partial charge >= 0.3 is 0 Å². The van der Waals surface area contributed by atoms with Crippen molar-refractivity contribution < 1.29 is 13.2 Å². The summed E-state index contributed by atoms with van der Waals surface area (Å²) in [5, 5.41) is 2.86. The number of aryl methyl sites for hydroxylation is 2. The van der Waals surface area contributed by atoms with Crippen LogP contribution in [-0.2, 0) is 10.0 Å². The van der Waals surface area contributed by atoms with Gasteiger partial charge in [0.15, 0.2) is 0 Å². The Hall–Kier alpha value is -2.18. The highest BCUT2D eigenvalue weighted by Gasteiger charge is 2.25. The molecule has 0 atom stereocenters. The second kappa shape index (κ2) is 8.23. The Morgan fingerprint density at radius 2 is 1.56 bits per heavy atom. The minimum atomic E-state index is -3.57. The number of anilines is 1. The van der Waals surface area contributed by atoms with Crippen LogP contribution >= 0.6 is 0 Å². The standard InChI is InChI=1S/C21H26N2O3S/c1-16-12-17(2)14-19(13-16)22-21(24)18-8-7-9-20(15-18)27(25,26)23-10-5-3-4-6-11-23/h7-9,12-15H,3-6,10-11H2,1-2H3,(H,22,24). The van der Waals surface area contributed by atoms with Crippen molar-refractivity contribution in [3.8, 4) is 0 Å². The Morgan fingerprint density at radius 3 is 2.19 bits per heavy atom. The fourth-order valence-electron chi connectivity index (χ4n) is 3.48. The third-order valence-electron chi connectivity index (χ3n) is 4.78. The SMILES string of the molecule is Cc1cc(C)cc(NC(=O)c2cccc(S(=O)(=O)N3CCCCCC3)c2)c1. The maximum atomic E-state index is 13.0. The lowest BCUT2D eigenvalue weighted by atomic mass is 10.1. The molecule has 0 radical (unpaired) electrons. The zero-order chi connectivity index (χ0) is 19.4. The predicted molar refractivity (Wildman–Crippen MR) is 108 cm³/mol. The summed E-state index contributed by atoms with van der Waals surface area (Å²) in [7, 11) is -3.57. The van der Waals surface area contributed by atoms with Crippen molar-refractivity contribution in [2.45, 2.75) is 44.4 Å². The molecule has 144 valence electrons. The summed E-state index contributed by atoms with van der Waals surface area (Å²) >= 11 is 0. The number of benzene rings is 2. The van der Waals surface area contributed by atoms with E-state index >= 15 is 0 Å². The van der Waals surface area contributed by atoms with Gasteiger partial charge < -0.3 is 5.32 Å². The van der Waals surface area contributed by atoms with Crippen LogP contribution in [0.15, 0.2) is 47.4 Å². The summed E-state index contributed by atoms with van der Waals surface area (Å²) in [5.41, 5.74) is 3.16. The molecule has 27 heavy (non-hydrogen) atoms. The van der Waals surface area contributed by atoms with Gasteiger partial charge in [-0.05, 0) is 68.1 Å². The molecule has 5 nitrogen and oxygen atoms in total. The summed E-state index contributed by atoms with van der Waals surface area (Å²) < 4.78 is 27.5. The molecule has 0 aromatic heterocycles. The van der Waals surface area contributed by atoms with Gasteiger partial charge in [-0.1, -0.05) is 25.0 Å². The van der Waals surface area contributed by atoms with Crippen LogP contribution in [0.3, 0.4) is 0 Å². The number of nitrogens with one attached hydrogen (secondary N) is 1. The Labute approximate surface area is 161 Å². The van der Waals surface area contributed by atoms with E-state index in [9.17, 15) is 13.2 Å². The van der Waals surface area contributed by atoms with Gasteiger partial charge in [0.1, 0.15) is 0 Å². The van der Waals surface area contributed by atoms with Crippen LogP contribution in [0.25, 0.3) is 0 Å². The van der Waals surface area contributed by atoms with E-state index in [2.05, 4.69) is 5.32 Å². The van der Waals surface area contributed by atoms with Crippen molar-refractivity contribution in [1.29, 1.82) is 0 Å². The summed E-state index contributed by atoms with van der Waals surface area (Å²) in [6.45, 7) is 5.02. The molecule has 6 heteroatoms. The van der Waals surface area contributed by atoms with Crippen molar-refractivity contribution in [2.75, 3.05) is 18.4 Å². The van der Waals surface area contributed by atoms with Crippen LogP contribution in [0, 0.1) is 13.8 Å². The smallest absolute Gasteiger partial charge is 0.255 e. The number of hydrogen-bond donors (Lipinski definition) is 1. The van der Waals surface area contributed by atoms with Crippen LogP contribution in [-0.4, -0.2) is 31.7 Å². The summed E-state index contributed by atoms with van der Waals surface area (Å²) in [6, 6.07) is 12.1. The second-order valence-electron chi connectivity index (χ2n) is 7.18. The van der Waals surface area contributed by atoms with Crippen molar-refractivity contribution in [2.24, 2.45) is 0 Å². The fourth-order valence-corrected chi connectivity index (χ4v) is 5.04. The zero-order valence-corrected chi connectivity index (χ0v) is 16.7. The van der Waals surface area contributed by atoms with Gasteiger partial charge in [0, 0.05) is 24.3 Å². The second-order valence-corrected chi connectivity index (χ2v) is 9.11. The van der Waals surface area contributed by atoms with Crippen LogP contribution < -0.4 is 5.32 Å². The molecule has 1 fully saturated rings. The Morgan fingerprint density at radius 1 is 0.926 bits per heavy atom. The molecule has 1 saturated heterocycles. The van der Waals surface area contributed by atoms with Gasteiger partial charge in [0.05, 0.1) is 4.90 Å². The topological polar surface area (TPSA) is 66.5 Å². The van der Waals surface area contributed by atoms with Gasteiger partial charge in [0.25, 0.3) is 5.91 Å². The lowest BCUT2D eigenvalue weighted by molar-refractivity contribution is 0.102. The minimum Gasteiger partial charge on any atom is -0.322 e. The van der Waals surface area contributed by atoms with E-state index in [-0.39, 0.29) is 10.8 Å². The van der Waals surface area contributed by atoms with E-state index in [0.717, 1.165) is 36.8 Å². The molecular formula is C21H26N2O3S. The fraction of sp³-hybridized carbons (Fsp3) is 0.381. The quantitative estimate of drug-likeness (QED) is 0.859. The molecule has 1 aliphatic rings. The Bertz CT molecular complexity index is 910. The van der Waals surface area contributed by atoms with E-state index in [1.54, 1.807) is 22.5 Å². The number of amides is 1. The molecule has 1 N–H and O–H groups in total. The number of rotatable bonds is 4. The van der Waals surface area contributed by atoms with E-state index in [4.69, 9.17) is 0 Å². The maximum Gasteiger partial charge on any atom is 0.255 e. The number of carbonyl (C=O) groups excluding carboxylic acids is 1. The van der Waals surface area contributed by atoms with Gasteiger partial charge in [0.2, 0.25) is 10.0 Å². The van der Waals surface area contributed by atoms with Crippen LogP contribution in [0.2, 0.25) is 0 Å². The molecule has 0 spiro atoms. The first-order valence-corrected chi connectivity index (χ1v) is 10.8. The number of carbonyl (C=O) groups is 1. The highest BCUT2D eigenvalue weighted by molar-refractivity contribution is 7.89. The first-order chi connectivity index (χ1) is 12.9. The van der Waals surface area contributed by atoms with Gasteiger partial charge in [-0.3, -0.25) is 4.79 Å². The predicted octanol–water partition coefficient (Wildman–Crippen LogP) is 4.12. The molecule has 0 aliphatic carbocycles. The first kappa shape index (κ1) is 19.6. The highest BCUT2D eigenvalue weighted by Crippen LogP contribution is 2.22. The molecule has 0 unspecified atom stereocenters. The molecule has 1 amide bonds. The zero-order valence-electron chi connectivity index (χ0n) is 15.9. The van der Waals surface area contributed by atoms with E-state index in [1.807, 2.05) is 32.0 Å². The van der Waals surface area contributed by atoms with E-state index < -0.39 is 10.0 Å². The largest absolute Gasteiger partial charge is 0.322 e. The average Bonchev–Trinajstić information content (AvgIpc) is 2.91. The van der Waals surface area contributed by atoms with Crippen LogP contribution in [0.5, 0.6) is 0 Å². The number of hydrogen-bond acceptors (Lipinski definition) is 3. The molecular weight excluding hydrogens is 360 g/mol. The summed E-state index contributed by atoms with van der Waals surface area (Å²) in [4.78, 5) is 12.8. The molecule has 1 heterocycles. The molecule has 2 aromatic rings. The van der Waals surface area contributed by atoms with Crippen LogP contribution in [0.4, 0.5) is 5.69 Å². The summed E-state index contributed by atoms with van der Waals surface area (Å²) in [5.74, 6) is -0.312. The minimum absolute atomic E-state index is 0.178. The number of nitrogens with zero attached hydrogens (tertiary/aromatic N) is 1. The van der Waals surface area contributed by atoms with Crippen molar-refractivity contribution in [1.82, 2.24) is 4.31 Å². The third-order valence-corrected chi connectivity index (χ3v) is 6.67. The maximum absolute atomic E-state index is 13.0. The molecule has 2 aromatic carbocycles. The van der Waals surface area contributed by atoms with Crippen molar-refractivity contribution in [3.05, 3.63) is 59.2 Å². The summed E-state index contributed by atoms with van der Waals surface area (Å²) in [6.07, 6.45) is 3.88. The molecule has 1 aliphatic heterocycles. The van der Waals surface area contributed by atoms with Gasteiger partial charge in [-0.15, -0.1) is 0 Å². The third kappa shape index (κ3) is 4.76. The normalized spacial score (nSPS) is 15.9. The van der Waals surface area contributed by atoms with Gasteiger partial charge in [-0.25, -0.2) is 8.42 Å². The highest BCUT2D eigenvalue weighted by atomic mass is 32.2. The first-order valence-electron chi connectivity index (χ1n) is 9.36. The Balaban J connectivity index is 1.83. The van der Waals surface area contributed by atoms with E-state index in [1.165, 1.54) is 6.07 Å².